The van der Waals surface area contributed by atoms with E-state index in [0.717, 1.165) is 5.39 Å². The van der Waals surface area contributed by atoms with Crippen LogP contribution in [0, 0.1) is 0 Å². The molecule has 0 unspecified atom stereocenters. The molecule has 2 rings (SSSR count). The molecule has 0 saturated carbocycles. The molecule has 0 fully saturated rings. The molecule has 0 aliphatic carbocycles. The highest BCUT2D eigenvalue weighted by molar-refractivity contribution is 8.19. The van der Waals surface area contributed by atoms with E-state index in [1.165, 1.54) is 6.07 Å². The van der Waals surface area contributed by atoms with Crippen molar-refractivity contribution >= 4 is 21.6 Å². The van der Waals surface area contributed by atoms with Crippen molar-refractivity contribution in [2.75, 3.05) is 0 Å². The summed E-state index contributed by atoms with van der Waals surface area (Å²) in [5.41, 5.74) is 0. The molecule has 0 heterocycles. The lowest BCUT2D eigenvalue weighted by Crippen LogP contribution is -1.96. The third-order valence-electron chi connectivity index (χ3n) is 2.04. The Bertz CT molecular complexity index is 457. The maximum Gasteiger partial charge on any atom is 0.113 e. The van der Waals surface area contributed by atoms with Gasteiger partial charge >= 0.3 is 0 Å². The van der Waals surface area contributed by atoms with E-state index in [1.807, 2.05) is 18.2 Å². The molecule has 74 valence electrons. The normalized spacial score (nSPS) is 13.1. The first kappa shape index (κ1) is 9.48. The molecule has 0 spiro atoms. The summed E-state index contributed by atoms with van der Waals surface area (Å²) < 4.78 is 27.5. The summed E-state index contributed by atoms with van der Waals surface area (Å²) in [6.45, 7) is 0. The van der Waals surface area contributed by atoms with Crippen LogP contribution in [0.25, 0.3) is 10.8 Å². The Morgan fingerprint density at radius 3 is 2.14 bits per heavy atom. The Morgan fingerprint density at radius 2 is 1.43 bits per heavy atom. The van der Waals surface area contributed by atoms with Gasteiger partial charge in [0, 0.05) is 5.39 Å². The van der Waals surface area contributed by atoms with Gasteiger partial charge in [0.05, 0.1) is 4.90 Å². The minimum atomic E-state index is -3.63. The lowest BCUT2D eigenvalue weighted by molar-refractivity contribution is 0.377. The molecule has 0 radical (unpaired) electrons. The third-order valence-corrected chi connectivity index (χ3v) is 2.99. The van der Waals surface area contributed by atoms with Gasteiger partial charge < -0.3 is 13.7 Å². The van der Waals surface area contributed by atoms with Crippen LogP contribution in [-0.4, -0.2) is 13.7 Å². The third kappa shape index (κ3) is 1.60. The summed E-state index contributed by atoms with van der Waals surface area (Å²) in [4.78, 5) is 0.176. The quantitative estimate of drug-likeness (QED) is 0.675. The zero-order valence-corrected chi connectivity index (χ0v) is 8.11. The molecule has 3 N–H and O–H groups in total. The van der Waals surface area contributed by atoms with Gasteiger partial charge in [-0.1, -0.05) is 36.4 Å². The monoisotopic (exact) mass is 210 g/mol. The SMILES string of the molecule is OS(O)(O)c1cccc2ccccc12. The van der Waals surface area contributed by atoms with Crippen molar-refractivity contribution in [1.82, 2.24) is 0 Å². The van der Waals surface area contributed by atoms with E-state index in [0.29, 0.717) is 5.39 Å². The lowest BCUT2D eigenvalue weighted by atomic mass is 10.1. The number of rotatable bonds is 1. The second-order valence-corrected chi connectivity index (χ2v) is 4.47. The van der Waals surface area contributed by atoms with E-state index in [4.69, 9.17) is 0 Å². The van der Waals surface area contributed by atoms with Gasteiger partial charge in [-0.2, -0.15) is 0 Å². The first-order chi connectivity index (χ1) is 6.59. The van der Waals surface area contributed by atoms with Gasteiger partial charge in [0.15, 0.2) is 0 Å². The van der Waals surface area contributed by atoms with Crippen molar-refractivity contribution in [2.24, 2.45) is 0 Å². The van der Waals surface area contributed by atoms with Gasteiger partial charge in [0.2, 0.25) is 0 Å². The summed E-state index contributed by atoms with van der Waals surface area (Å²) in [5.74, 6) is 0. The van der Waals surface area contributed by atoms with Crippen molar-refractivity contribution in [1.29, 1.82) is 0 Å². The van der Waals surface area contributed by atoms with Crippen LogP contribution in [0.2, 0.25) is 0 Å². The average Bonchev–Trinajstić information content (AvgIpc) is 2.15. The Kier molecular flexibility index (Phi) is 2.20. The van der Waals surface area contributed by atoms with Crippen LogP contribution in [0.1, 0.15) is 0 Å². The van der Waals surface area contributed by atoms with Crippen LogP contribution in [0.15, 0.2) is 47.4 Å². The molecule has 0 aromatic heterocycles. The zero-order chi connectivity index (χ0) is 10.2. The Labute approximate surface area is 83.2 Å². The molecule has 0 amide bonds. The first-order valence-corrected chi connectivity index (χ1v) is 5.58. The molecule has 0 saturated heterocycles. The van der Waals surface area contributed by atoms with Crippen molar-refractivity contribution in [3.8, 4) is 0 Å². The van der Waals surface area contributed by atoms with Crippen molar-refractivity contribution in [3.05, 3.63) is 42.5 Å². The van der Waals surface area contributed by atoms with E-state index in [2.05, 4.69) is 0 Å². The second kappa shape index (κ2) is 3.25. The number of benzene rings is 2. The topological polar surface area (TPSA) is 60.7 Å². The lowest BCUT2D eigenvalue weighted by Gasteiger charge is -2.20. The van der Waals surface area contributed by atoms with Crippen LogP contribution in [0.3, 0.4) is 0 Å². The fraction of sp³-hybridized carbons (Fsp3) is 0. The minimum Gasteiger partial charge on any atom is -0.304 e. The number of hydrogen-bond donors (Lipinski definition) is 3. The fourth-order valence-electron chi connectivity index (χ4n) is 1.43. The smallest absolute Gasteiger partial charge is 0.113 e. The summed E-state index contributed by atoms with van der Waals surface area (Å²) in [6, 6.07) is 12.3. The molecule has 2 aromatic rings. The van der Waals surface area contributed by atoms with Crippen LogP contribution in [-0.2, 0) is 0 Å². The number of fused-ring (bicyclic) bond motifs is 1. The standard InChI is InChI=1S/C10H10O3S/c11-14(12,13)10-7-3-5-8-4-1-2-6-9(8)10/h1-7,11-13H. The highest BCUT2D eigenvalue weighted by Crippen LogP contribution is 2.46. The van der Waals surface area contributed by atoms with Crippen LogP contribution in [0.4, 0.5) is 0 Å². The van der Waals surface area contributed by atoms with Crippen molar-refractivity contribution < 1.29 is 13.7 Å². The first-order valence-electron chi connectivity index (χ1n) is 4.07. The molecule has 0 bridgehead atoms. The molecular formula is C10H10O3S. The molecule has 3 nitrogen and oxygen atoms in total. The van der Waals surface area contributed by atoms with Gasteiger partial charge in [-0.15, -0.1) is 0 Å². The molecule has 0 atom stereocenters. The van der Waals surface area contributed by atoms with E-state index in [1.54, 1.807) is 18.2 Å². The molecule has 4 heteroatoms. The maximum atomic E-state index is 9.18. The Morgan fingerprint density at radius 1 is 0.786 bits per heavy atom. The Balaban J connectivity index is 2.78. The van der Waals surface area contributed by atoms with Gasteiger partial charge in [0.1, 0.15) is 10.9 Å². The molecule has 2 aromatic carbocycles. The summed E-state index contributed by atoms with van der Waals surface area (Å²) >= 11 is 0. The predicted octanol–water partition coefficient (Wildman–Crippen LogP) is 3.42. The predicted molar refractivity (Wildman–Crippen MR) is 57.7 cm³/mol. The average molecular weight is 210 g/mol. The number of hydrogen-bond acceptors (Lipinski definition) is 3. The molecular weight excluding hydrogens is 200 g/mol. The summed E-state index contributed by atoms with van der Waals surface area (Å²) in [7, 11) is -3.63. The van der Waals surface area contributed by atoms with Crippen molar-refractivity contribution in [2.45, 2.75) is 4.90 Å². The maximum absolute atomic E-state index is 9.18. The van der Waals surface area contributed by atoms with Crippen molar-refractivity contribution in [3.63, 3.8) is 0 Å². The van der Waals surface area contributed by atoms with Crippen LogP contribution in [0.5, 0.6) is 0 Å². The van der Waals surface area contributed by atoms with Gasteiger partial charge in [-0.25, -0.2) is 0 Å². The highest BCUT2D eigenvalue weighted by atomic mass is 32.3. The van der Waals surface area contributed by atoms with Crippen LogP contribution >= 0.6 is 10.9 Å². The highest BCUT2D eigenvalue weighted by Gasteiger charge is 2.17. The summed E-state index contributed by atoms with van der Waals surface area (Å²) in [6.07, 6.45) is 0. The summed E-state index contributed by atoms with van der Waals surface area (Å²) in [5, 5.41) is 1.54. The molecule has 14 heavy (non-hydrogen) atoms. The van der Waals surface area contributed by atoms with E-state index in [9.17, 15) is 13.7 Å². The molecule has 0 aliphatic rings. The zero-order valence-electron chi connectivity index (χ0n) is 7.29. The largest absolute Gasteiger partial charge is 0.304 e. The fourth-order valence-corrected chi connectivity index (χ4v) is 2.18. The minimum absolute atomic E-state index is 0.176. The van der Waals surface area contributed by atoms with Gasteiger partial charge in [0.25, 0.3) is 0 Å². The molecule has 0 aliphatic heterocycles. The second-order valence-electron chi connectivity index (χ2n) is 3.00. The van der Waals surface area contributed by atoms with Crippen LogP contribution < -0.4 is 0 Å². The van der Waals surface area contributed by atoms with Gasteiger partial charge in [-0.05, 0) is 11.5 Å². The van der Waals surface area contributed by atoms with E-state index >= 15 is 0 Å². The van der Waals surface area contributed by atoms with Gasteiger partial charge in [-0.3, -0.25) is 0 Å². The van der Waals surface area contributed by atoms with E-state index in [-0.39, 0.29) is 4.90 Å². The Hall–Kier alpha value is -1.07. The van der Waals surface area contributed by atoms with E-state index < -0.39 is 10.9 Å².